The predicted molar refractivity (Wildman–Crippen MR) is 81.5 cm³/mol. The summed E-state index contributed by atoms with van der Waals surface area (Å²) in [7, 11) is -1.74. The minimum atomic E-state index is -1.74. The highest BCUT2D eigenvalue weighted by molar-refractivity contribution is 7.11. The van der Waals surface area contributed by atoms with Gasteiger partial charge in [-0.25, -0.2) is 4.98 Å². The molecule has 3 nitrogen and oxygen atoms in total. The van der Waals surface area contributed by atoms with Crippen LogP contribution in [0.5, 0.6) is 0 Å². The molecule has 0 aliphatic carbocycles. The van der Waals surface area contributed by atoms with E-state index < -0.39 is 13.9 Å². The maximum Gasteiger partial charge on any atom is 0.192 e. The fraction of sp³-hybridized carbons (Fsp3) is 0.769. The first-order chi connectivity index (χ1) is 7.96. The van der Waals surface area contributed by atoms with E-state index in [1.54, 1.807) is 11.3 Å². The van der Waals surface area contributed by atoms with Crippen LogP contribution in [0.2, 0.25) is 18.1 Å². The molecule has 0 saturated heterocycles. The summed E-state index contributed by atoms with van der Waals surface area (Å²) < 4.78 is 6.20. The van der Waals surface area contributed by atoms with Crippen LogP contribution in [-0.2, 0) is 9.96 Å². The Morgan fingerprint density at radius 2 is 1.89 bits per heavy atom. The van der Waals surface area contributed by atoms with Gasteiger partial charge in [-0.2, -0.15) is 0 Å². The lowest BCUT2D eigenvalue weighted by molar-refractivity contribution is 0.212. The van der Waals surface area contributed by atoms with Crippen LogP contribution >= 0.6 is 11.3 Å². The number of aryl methyl sites for hydroxylation is 1. The number of rotatable bonds is 4. The Kier molecular flexibility index (Phi) is 4.43. The second kappa shape index (κ2) is 5.04. The molecule has 104 valence electrons. The predicted octanol–water partition coefficient (Wildman–Crippen LogP) is 3.65. The van der Waals surface area contributed by atoms with E-state index in [9.17, 15) is 0 Å². The molecule has 0 radical (unpaired) electrons. The largest absolute Gasteiger partial charge is 0.415 e. The molecule has 2 N–H and O–H groups in total. The van der Waals surface area contributed by atoms with Gasteiger partial charge in [0, 0.05) is 11.1 Å². The summed E-state index contributed by atoms with van der Waals surface area (Å²) in [5.74, 6) is 0. The van der Waals surface area contributed by atoms with Crippen LogP contribution in [0.3, 0.4) is 0 Å². The number of thiazole rings is 1. The van der Waals surface area contributed by atoms with Crippen LogP contribution in [0, 0.1) is 6.92 Å². The van der Waals surface area contributed by atoms with Crippen LogP contribution in [0.4, 0.5) is 0 Å². The zero-order chi connectivity index (χ0) is 14.2. The molecule has 0 unspecified atom stereocenters. The number of hydrogen-bond donors (Lipinski definition) is 1. The molecule has 1 heterocycles. The lowest BCUT2D eigenvalue weighted by Gasteiger charge is -2.38. The van der Waals surface area contributed by atoms with Crippen LogP contribution < -0.4 is 5.73 Å². The molecule has 1 atom stereocenters. The Bertz CT molecular complexity index is 407. The molecule has 5 heteroatoms. The molecule has 18 heavy (non-hydrogen) atoms. The van der Waals surface area contributed by atoms with Gasteiger partial charge in [-0.1, -0.05) is 20.8 Å². The van der Waals surface area contributed by atoms with Crippen molar-refractivity contribution in [1.29, 1.82) is 0 Å². The number of nitrogens with two attached hydrogens (primary N) is 1. The molecule has 0 amide bonds. The topological polar surface area (TPSA) is 48.1 Å². The summed E-state index contributed by atoms with van der Waals surface area (Å²) in [6.07, 6.45) is 1.87. The van der Waals surface area contributed by atoms with Gasteiger partial charge in [0.1, 0.15) is 5.01 Å². The van der Waals surface area contributed by atoms with Gasteiger partial charge in [0.25, 0.3) is 0 Å². The van der Waals surface area contributed by atoms with Gasteiger partial charge in [0.2, 0.25) is 0 Å². The first kappa shape index (κ1) is 15.8. The SMILES string of the molecule is Cc1cnc([C@@](C)(N)CO[Si](C)(C)C(C)(C)C)s1. The van der Waals surface area contributed by atoms with Crippen LogP contribution in [0.15, 0.2) is 6.20 Å². The van der Waals surface area contributed by atoms with Gasteiger partial charge in [0.15, 0.2) is 8.32 Å². The van der Waals surface area contributed by atoms with E-state index in [1.807, 2.05) is 20.0 Å². The zero-order valence-electron chi connectivity index (χ0n) is 12.6. The van der Waals surface area contributed by atoms with Crippen LogP contribution in [0.1, 0.15) is 37.6 Å². The molecule has 0 saturated carbocycles. The molecule has 0 aromatic carbocycles. The Labute approximate surface area is 116 Å². The summed E-state index contributed by atoms with van der Waals surface area (Å²) in [6.45, 7) is 15.8. The molecule has 0 spiro atoms. The fourth-order valence-corrected chi connectivity index (χ4v) is 3.13. The number of aromatic nitrogens is 1. The minimum Gasteiger partial charge on any atom is -0.415 e. The molecule has 1 aromatic rings. The third-order valence-corrected chi connectivity index (χ3v) is 9.32. The highest BCUT2D eigenvalue weighted by atomic mass is 32.1. The average Bonchev–Trinajstić information content (AvgIpc) is 2.61. The summed E-state index contributed by atoms with van der Waals surface area (Å²) >= 11 is 1.65. The van der Waals surface area contributed by atoms with Gasteiger partial charge in [0.05, 0.1) is 12.1 Å². The highest BCUT2D eigenvalue weighted by Gasteiger charge is 2.39. The second-order valence-electron chi connectivity index (χ2n) is 6.74. The quantitative estimate of drug-likeness (QED) is 0.860. The summed E-state index contributed by atoms with van der Waals surface area (Å²) in [5.41, 5.74) is 5.86. The Morgan fingerprint density at radius 1 is 1.33 bits per heavy atom. The van der Waals surface area contributed by atoms with Crippen molar-refractivity contribution in [2.24, 2.45) is 5.73 Å². The highest BCUT2D eigenvalue weighted by Crippen LogP contribution is 2.37. The summed E-state index contributed by atoms with van der Waals surface area (Å²) in [4.78, 5) is 5.57. The standard InChI is InChI=1S/C13H26N2OSSi/c1-10-8-15-11(17-10)13(5,14)9-16-18(6,7)12(2,3)4/h8H,9,14H2,1-7H3/t13-/m0/s1. The van der Waals surface area contributed by atoms with Crippen LogP contribution in [-0.4, -0.2) is 19.9 Å². The van der Waals surface area contributed by atoms with Gasteiger partial charge < -0.3 is 10.2 Å². The second-order valence-corrected chi connectivity index (χ2v) is 12.8. The fourth-order valence-electron chi connectivity index (χ4n) is 1.23. The van der Waals surface area contributed by atoms with Crippen LogP contribution in [0.25, 0.3) is 0 Å². The van der Waals surface area contributed by atoms with Gasteiger partial charge in [-0.15, -0.1) is 11.3 Å². The Morgan fingerprint density at radius 3 is 2.28 bits per heavy atom. The third-order valence-electron chi connectivity index (χ3n) is 3.65. The van der Waals surface area contributed by atoms with E-state index >= 15 is 0 Å². The maximum absolute atomic E-state index is 6.35. The summed E-state index contributed by atoms with van der Waals surface area (Å²) in [5, 5.41) is 1.17. The lowest BCUT2D eigenvalue weighted by atomic mass is 10.1. The van der Waals surface area contributed by atoms with Crippen molar-refractivity contribution in [3.8, 4) is 0 Å². The average molecular weight is 287 g/mol. The number of nitrogens with zero attached hydrogens (tertiary/aromatic N) is 1. The van der Waals surface area contributed by atoms with E-state index in [-0.39, 0.29) is 5.04 Å². The smallest absolute Gasteiger partial charge is 0.192 e. The van der Waals surface area contributed by atoms with Gasteiger partial charge in [-0.05, 0) is 32.0 Å². The van der Waals surface area contributed by atoms with E-state index in [0.29, 0.717) is 6.61 Å². The van der Waals surface area contributed by atoms with Gasteiger partial charge >= 0.3 is 0 Å². The summed E-state index contributed by atoms with van der Waals surface area (Å²) in [6, 6.07) is 0. The van der Waals surface area contributed by atoms with Crippen molar-refractivity contribution in [3.05, 3.63) is 16.1 Å². The van der Waals surface area contributed by atoms with E-state index in [0.717, 1.165) is 5.01 Å². The maximum atomic E-state index is 6.35. The minimum absolute atomic E-state index is 0.210. The first-order valence-corrected chi connectivity index (χ1v) is 10.0. The molecule has 1 aromatic heterocycles. The molecule has 0 bridgehead atoms. The zero-order valence-corrected chi connectivity index (χ0v) is 14.4. The molecule has 0 aliphatic rings. The Hall–Kier alpha value is -0.233. The van der Waals surface area contributed by atoms with Crippen molar-refractivity contribution < 1.29 is 4.43 Å². The normalized spacial score (nSPS) is 16.7. The molecule has 0 fully saturated rings. The monoisotopic (exact) mass is 286 g/mol. The van der Waals surface area contributed by atoms with E-state index in [4.69, 9.17) is 10.2 Å². The molecule has 1 rings (SSSR count). The first-order valence-electron chi connectivity index (χ1n) is 6.31. The van der Waals surface area contributed by atoms with E-state index in [2.05, 4.69) is 38.8 Å². The van der Waals surface area contributed by atoms with Crippen molar-refractivity contribution in [3.63, 3.8) is 0 Å². The number of hydrogen-bond acceptors (Lipinski definition) is 4. The molecular formula is C13H26N2OSSi. The van der Waals surface area contributed by atoms with Gasteiger partial charge in [-0.3, -0.25) is 0 Å². The van der Waals surface area contributed by atoms with E-state index in [1.165, 1.54) is 4.88 Å². The third kappa shape index (κ3) is 3.63. The van der Waals surface area contributed by atoms with Crippen molar-refractivity contribution >= 4 is 19.7 Å². The van der Waals surface area contributed by atoms with Crippen molar-refractivity contribution in [1.82, 2.24) is 4.98 Å². The molecular weight excluding hydrogens is 260 g/mol. The molecule has 0 aliphatic heterocycles. The van der Waals surface area contributed by atoms with Crippen molar-refractivity contribution in [2.45, 2.75) is 58.3 Å². The lowest BCUT2D eigenvalue weighted by Crippen LogP contribution is -2.47. The van der Waals surface area contributed by atoms with Crippen molar-refractivity contribution in [2.75, 3.05) is 6.61 Å². The Balaban J connectivity index is 2.74.